The second kappa shape index (κ2) is 5.52. The molecule has 0 rings (SSSR count). The van der Waals surface area contributed by atoms with E-state index in [4.69, 9.17) is 0 Å². The monoisotopic (exact) mass is 162 g/mol. The predicted octanol–water partition coefficient (Wildman–Crippen LogP) is 0.660. The number of imide groups is 1. The van der Waals surface area contributed by atoms with Gasteiger partial charge in [-0.3, -0.25) is 0 Å². The average molecular weight is 162 g/mol. The largest absolute Gasteiger partial charge is 0.452 e. The van der Waals surface area contributed by atoms with Gasteiger partial charge in [0.05, 0.1) is 7.11 Å². The molecule has 0 atom stereocenters. The van der Waals surface area contributed by atoms with E-state index in [0.29, 0.717) is 0 Å². The van der Waals surface area contributed by atoms with Crippen LogP contribution in [0.2, 0.25) is 0 Å². The van der Waals surface area contributed by atoms with E-state index < -0.39 is 12.1 Å². The molecule has 5 nitrogen and oxygen atoms in total. The zero-order chi connectivity index (χ0) is 8.15. The highest BCUT2D eigenvalue weighted by Gasteiger charge is 2.14. The van der Waals surface area contributed by atoms with Gasteiger partial charge >= 0.3 is 12.1 Å². The van der Waals surface area contributed by atoms with E-state index >= 15 is 0 Å². The molecule has 0 unspecified atom stereocenters. The second-order valence-corrected chi connectivity index (χ2v) is 1.58. The molecular formula is C6H14N2O3. The molecular weight excluding hydrogens is 148 g/mol. The van der Waals surface area contributed by atoms with Crippen LogP contribution in [0.15, 0.2) is 0 Å². The normalized spacial score (nSPS) is 7.55. The fourth-order valence-corrected chi connectivity index (χ4v) is 0.388. The topological polar surface area (TPSA) is 58.6 Å². The Morgan fingerprint density at radius 1 is 1.45 bits per heavy atom. The molecule has 1 N–H and O–H groups in total. The number of hydrogen-bond donors (Lipinski definition) is 1. The van der Waals surface area contributed by atoms with Gasteiger partial charge in [-0.1, -0.05) is 7.43 Å². The molecule has 0 saturated carbocycles. The number of amides is 3. The molecule has 0 aliphatic carbocycles. The highest BCUT2D eigenvalue weighted by molar-refractivity contribution is 5.90. The van der Waals surface area contributed by atoms with Gasteiger partial charge < -0.3 is 10.1 Å². The molecule has 66 valence electrons. The maximum Gasteiger partial charge on any atom is 0.417 e. The van der Waals surface area contributed by atoms with Crippen LogP contribution in [-0.2, 0) is 4.74 Å². The van der Waals surface area contributed by atoms with Crippen LogP contribution in [-0.4, -0.2) is 38.2 Å². The summed E-state index contributed by atoms with van der Waals surface area (Å²) >= 11 is 0. The molecule has 0 bridgehead atoms. The Morgan fingerprint density at radius 3 is 2.18 bits per heavy atom. The van der Waals surface area contributed by atoms with Gasteiger partial charge in [-0.25, -0.2) is 14.5 Å². The Bertz CT molecular complexity index is 131. The van der Waals surface area contributed by atoms with Gasteiger partial charge in [0, 0.05) is 14.1 Å². The van der Waals surface area contributed by atoms with Crippen molar-refractivity contribution in [2.45, 2.75) is 7.43 Å². The third-order valence-corrected chi connectivity index (χ3v) is 0.967. The number of hydrogen-bond acceptors (Lipinski definition) is 3. The number of nitrogens with zero attached hydrogens (tertiary/aromatic N) is 1. The van der Waals surface area contributed by atoms with Crippen molar-refractivity contribution in [3.05, 3.63) is 0 Å². The van der Waals surface area contributed by atoms with Crippen molar-refractivity contribution in [2.75, 3.05) is 21.2 Å². The minimum Gasteiger partial charge on any atom is -0.452 e. The average Bonchev–Trinajstić information content (AvgIpc) is 2.00. The van der Waals surface area contributed by atoms with Gasteiger partial charge in [0.2, 0.25) is 0 Å². The van der Waals surface area contributed by atoms with Crippen LogP contribution >= 0.6 is 0 Å². The molecule has 0 aliphatic heterocycles. The lowest BCUT2D eigenvalue weighted by Crippen LogP contribution is -2.39. The van der Waals surface area contributed by atoms with Gasteiger partial charge in [-0.15, -0.1) is 0 Å². The van der Waals surface area contributed by atoms with E-state index in [1.807, 2.05) is 0 Å². The molecule has 0 saturated heterocycles. The van der Waals surface area contributed by atoms with E-state index in [1.54, 1.807) is 0 Å². The molecule has 0 heterocycles. The summed E-state index contributed by atoms with van der Waals surface area (Å²) in [5.74, 6) is 0. The van der Waals surface area contributed by atoms with E-state index in [-0.39, 0.29) is 7.43 Å². The molecule has 0 aromatic carbocycles. The van der Waals surface area contributed by atoms with E-state index in [0.717, 1.165) is 4.90 Å². The number of ether oxygens (including phenoxy) is 1. The number of carbonyl (C=O) groups is 2. The second-order valence-electron chi connectivity index (χ2n) is 1.58. The number of rotatable bonds is 0. The molecule has 0 aliphatic rings. The van der Waals surface area contributed by atoms with Crippen LogP contribution in [0.25, 0.3) is 0 Å². The van der Waals surface area contributed by atoms with Crippen LogP contribution in [0.1, 0.15) is 7.43 Å². The summed E-state index contributed by atoms with van der Waals surface area (Å²) in [5.41, 5.74) is 0. The van der Waals surface area contributed by atoms with Gasteiger partial charge in [0.25, 0.3) is 0 Å². The summed E-state index contributed by atoms with van der Waals surface area (Å²) in [4.78, 5) is 22.0. The smallest absolute Gasteiger partial charge is 0.417 e. The van der Waals surface area contributed by atoms with Crippen molar-refractivity contribution < 1.29 is 14.3 Å². The minimum atomic E-state index is -0.681. The first kappa shape index (κ1) is 12.4. The van der Waals surface area contributed by atoms with E-state index in [9.17, 15) is 9.59 Å². The van der Waals surface area contributed by atoms with Crippen LogP contribution in [0.3, 0.4) is 0 Å². The fourth-order valence-electron chi connectivity index (χ4n) is 0.388. The first-order valence-electron chi connectivity index (χ1n) is 2.67. The molecule has 0 radical (unpaired) electrons. The van der Waals surface area contributed by atoms with Crippen molar-refractivity contribution in [1.29, 1.82) is 0 Å². The number of urea groups is 1. The zero-order valence-electron chi connectivity index (χ0n) is 6.17. The molecule has 0 aromatic heterocycles. The highest BCUT2D eigenvalue weighted by atomic mass is 16.5. The Hall–Kier alpha value is -1.26. The third kappa shape index (κ3) is 3.44. The zero-order valence-corrected chi connectivity index (χ0v) is 6.17. The summed E-state index contributed by atoms with van der Waals surface area (Å²) in [7, 11) is 3.97. The Morgan fingerprint density at radius 2 is 1.91 bits per heavy atom. The maximum atomic E-state index is 10.6. The van der Waals surface area contributed by atoms with Crippen LogP contribution < -0.4 is 5.32 Å². The van der Waals surface area contributed by atoms with E-state index in [2.05, 4.69) is 10.1 Å². The summed E-state index contributed by atoms with van der Waals surface area (Å²) < 4.78 is 4.26. The van der Waals surface area contributed by atoms with Crippen molar-refractivity contribution in [3.8, 4) is 0 Å². The van der Waals surface area contributed by atoms with Crippen LogP contribution in [0, 0.1) is 0 Å². The lowest BCUT2D eigenvalue weighted by Gasteiger charge is -2.11. The Labute approximate surface area is 66.3 Å². The first-order chi connectivity index (χ1) is 4.63. The van der Waals surface area contributed by atoms with Crippen LogP contribution in [0.5, 0.6) is 0 Å². The van der Waals surface area contributed by atoms with Crippen molar-refractivity contribution in [2.24, 2.45) is 0 Å². The Balaban J connectivity index is 0. The predicted molar refractivity (Wildman–Crippen MR) is 41.4 cm³/mol. The molecule has 11 heavy (non-hydrogen) atoms. The fraction of sp³-hybridized carbons (Fsp3) is 0.667. The molecule has 3 amide bonds. The van der Waals surface area contributed by atoms with Crippen molar-refractivity contribution in [1.82, 2.24) is 10.2 Å². The summed E-state index contributed by atoms with van der Waals surface area (Å²) in [5, 5.41) is 2.27. The quantitative estimate of drug-likeness (QED) is 0.569. The lowest BCUT2D eigenvalue weighted by atomic mass is 10.8. The minimum absolute atomic E-state index is 0. The van der Waals surface area contributed by atoms with Crippen molar-refractivity contribution in [3.63, 3.8) is 0 Å². The molecule has 0 aromatic rings. The standard InChI is InChI=1S/C5H10N2O3.CH4/c1-6-4(8)7(2)5(9)10-3;/h1-3H3,(H,6,8);1H4. The summed E-state index contributed by atoms with van der Waals surface area (Å²) in [6, 6.07) is -0.494. The SMILES string of the molecule is C.CNC(=O)N(C)C(=O)OC. The lowest BCUT2D eigenvalue weighted by molar-refractivity contribution is 0.137. The number of methoxy groups -OCH3 is 1. The Kier molecular flexibility index (Phi) is 6.23. The third-order valence-electron chi connectivity index (χ3n) is 0.967. The summed E-state index contributed by atoms with van der Waals surface area (Å²) in [6.07, 6.45) is -0.681. The number of carbonyl (C=O) groups excluding carboxylic acids is 2. The van der Waals surface area contributed by atoms with Gasteiger partial charge in [0.1, 0.15) is 0 Å². The van der Waals surface area contributed by atoms with Gasteiger partial charge in [0.15, 0.2) is 0 Å². The summed E-state index contributed by atoms with van der Waals surface area (Å²) in [6.45, 7) is 0. The highest BCUT2D eigenvalue weighted by Crippen LogP contribution is 1.87. The van der Waals surface area contributed by atoms with Crippen LogP contribution in [0.4, 0.5) is 9.59 Å². The maximum absolute atomic E-state index is 10.6. The van der Waals surface area contributed by atoms with Crippen molar-refractivity contribution >= 4 is 12.1 Å². The van der Waals surface area contributed by atoms with Gasteiger partial charge in [-0.05, 0) is 0 Å². The molecule has 0 fully saturated rings. The van der Waals surface area contributed by atoms with E-state index in [1.165, 1.54) is 21.2 Å². The molecule has 5 heteroatoms. The first-order valence-corrected chi connectivity index (χ1v) is 2.67. The van der Waals surface area contributed by atoms with Gasteiger partial charge in [-0.2, -0.15) is 0 Å². The number of nitrogens with one attached hydrogen (secondary N) is 1. The molecule has 0 spiro atoms.